The molecule has 4 rings (SSSR count). The molecule has 174 valence electrons. The van der Waals surface area contributed by atoms with E-state index in [0.29, 0.717) is 22.1 Å². The fourth-order valence-electron chi connectivity index (χ4n) is 3.66. The molecule has 2 aromatic heterocycles. The summed E-state index contributed by atoms with van der Waals surface area (Å²) in [6.07, 6.45) is 1.74. The molecule has 2 heterocycles. The fourth-order valence-corrected chi connectivity index (χ4v) is 4.87. The van der Waals surface area contributed by atoms with Crippen LogP contribution in [-0.4, -0.2) is 27.7 Å². The monoisotopic (exact) mass is 497 g/mol. The van der Waals surface area contributed by atoms with Crippen LogP contribution in [0.15, 0.2) is 59.5 Å². The molecule has 4 aromatic rings. The van der Waals surface area contributed by atoms with Gasteiger partial charge in [0.05, 0.1) is 4.88 Å². The van der Waals surface area contributed by atoms with Crippen molar-refractivity contribution in [2.45, 2.75) is 19.4 Å². The highest BCUT2D eigenvalue weighted by Crippen LogP contribution is 2.36. The van der Waals surface area contributed by atoms with E-state index in [1.807, 2.05) is 32.2 Å². The quantitative estimate of drug-likeness (QED) is 0.400. The Morgan fingerprint density at radius 1 is 1.26 bits per heavy atom. The summed E-state index contributed by atoms with van der Waals surface area (Å²) in [4.78, 5) is 30.5. The smallest absolute Gasteiger partial charge is 0.271 e. The summed E-state index contributed by atoms with van der Waals surface area (Å²) in [7, 11) is 1.86. The first kappa shape index (κ1) is 23.7. The summed E-state index contributed by atoms with van der Waals surface area (Å²) in [5.74, 6) is -1.92. The molecule has 0 radical (unpaired) electrons. The molecule has 2 aromatic carbocycles. The van der Waals surface area contributed by atoms with E-state index in [1.54, 1.807) is 12.3 Å². The lowest BCUT2D eigenvalue weighted by Gasteiger charge is -2.14. The third kappa shape index (κ3) is 4.63. The first-order valence-electron chi connectivity index (χ1n) is 10.4. The number of carbonyl (C=O) groups is 1. The van der Waals surface area contributed by atoms with Crippen molar-refractivity contribution in [1.82, 2.24) is 20.1 Å². The number of rotatable bonds is 7. The second kappa shape index (κ2) is 9.84. The van der Waals surface area contributed by atoms with Crippen molar-refractivity contribution in [1.29, 1.82) is 0 Å². The Morgan fingerprint density at radius 2 is 2.03 bits per heavy atom. The van der Waals surface area contributed by atoms with E-state index in [2.05, 4.69) is 15.4 Å². The number of nitrogens with zero attached hydrogens (tertiary/aromatic N) is 3. The normalized spacial score (nSPS) is 12.0. The van der Waals surface area contributed by atoms with Crippen molar-refractivity contribution in [3.8, 4) is 16.1 Å². The Hall–Kier alpha value is -3.40. The van der Waals surface area contributed by atoms with E-state index < -0.39 is 23.2 Å². The van der Waals surface area contributed by atoms with Gasteiger partial charge in [-0.2, -0.15) is 9.78 Å². The molecule has 0 aliphatic heterocycles. The number of hydrogen-bond donors (Lipinski definition) is 2. The van der Waals surface area contributed by atoms with Crippen LogP contribution in [0.1, 0.15) is 39.5 Å². The Morgan fingerprint density at radius 3 is 2.74 bits per heavy atom. The number of nitrogens with two attached hydrogens (primary N) is 1. The lowest BCUT2D eigenvalue weighted by atomic mass is 10.0. The van der Waals surface area contributed by atoms with E-state index in [-0.39, 0.29) is 11.4 Å². The molecular formula is C24H21ClFN5O2S. The maximum absolute atomic E-state index is 14.3. The van der Waals surface area contributed by atoms with E-state index in [0.717, 1.165) is 20.7 Å². The van der Waals surface area contributed by atoms with Crippen LogP contribution in [0.5, 0.6) is 0 Å². The van der Waals surface area contributed by atoms with Crippen LogP contribution in [0, 0.1) is 5.82 Å². The molecule has 0 spiro atoms. The third-order valence-corrected chi connectivity index (χ3v) is 6.79. The standard InChI is InChI=1S/C24H21ClFN5O2S/c1-13(24-29-12-20(34-24)17-9-15(25)8-7-14(17)11-28-2)16-10-21(32)31(30-22(16)23(27)33)19-6-4-3-5-18(19)26/h3-10,12-13,28H,11H2,1-2H3,(H2,27,33)/t13-/m1/s1. The van der Waals surface area contributed by atoms with E-state index >= 15 is 0 Å². The van der Waals surface area contributed by atoms with Crippen LogP contribution >= 0.6 is 22.9 Å². The molecule has 0 aliphatic carbocycles. The zero-order chi connectivity index (χ0) is 24.4. The fraction of sp³-hybridized carbons (Fsp3) is 0.167. The van der Waals surface area contributed by atoms with Crippen molar-refractivity contribution in [2.75, 3.05) is 7.05 Å². The first-order chi connectivity index (χ1) is 16.3. The Labute approximate surface area is 204 Å². The second-order valence-corrected chi connectivity index (χ2v) is 9.13. The van der Waals surface area contributed by atoms with Gasteiger partial charge in [-0.3, -0.25) is 9.59 Å². The number of para-hydroxylation sites is 1. The summed E-state index contributed by atoms with van der Waals surface area (Å²) < 4.78 is 15.1. The van der Waals surface area contributed by atoms with Gasteiger partial charge in [0.25, 0.3) is 11.5 Å². The molecule has 0 unspecified atom stereocenters. The molecular weight excluding hydrogens is 477 g/mol. The zero-order valence-electron chi connectivity index (χ0n) is 18.4. The number of carbonyl (C=O) groups excluding carboxylic acids is 1. The van der Waals surface area contributed by atoms with Gasteiger partial charge in [-0.15, -0.1) is 11.3 Å². The number of hydrogen-bond acceptors (Lipinski definition) is 6. The van der Waals surface area contributed by atoms with Crippen LogP contribution in [-0.2, 0) is 6.54 Å². The molecule has 0 saturated carbocycles. The molecule has 34 heavy (non-hydrogen) atoms. The van der Waals surface area contributed by atoms with Gasteiger partial charge in [0.15, 0.2) is 5.69 Å². The Balaban J connectivity index is 1.77. The zero-order valence-corrected chi connectivity index (χ0v) is 20.0. The van der Waals surface area contributed by atoms with E-state index in [1.165, 1.54) is 35.6 Å². The number of thiazole rings is 1. The minimum atomic E-state index is -0.824. The first-order valence-corrected chi connectivity index (χ1v) is 11.6. The van der Waals surface area contributed by atoms with Crippen molar-refractivity contribution in [2.24, 2.45) is 5.73 Å². The van der Waals surface area contributed by atoms with Gasteiger partial charge in [-0.25, -0.2) is 9.37 Å². The van der Waals surface area contributed by atoms with Crippen molar-refractivity contribution in [3.63, 3.8) is 0 Å². The summed E-state index contributed by atoms with van der Waals surface area (Å²) in [6.45, 7) is 2.46. The van der Waals surface area contributed by atoms with Gasteiger partial charge in [-0.1, -0.05) is 36.7 Å². The largest absolute Gasteiger partial charge is 0.364 e. The van der Waals surface area contributed by atoms with Crippen LogP contribution in [0.2, 0.25) is 5.02 Å². The predicted octanol–water partition coefficient (Wildman–Crippen LogP) is 4.12. The minimum absolute atomic E-state index is 0.0660. The average Bonchev–Trinajstić information content (AvgIpc) is 3.30. The van der Waals surface area contributed by atoms with Crippen molar-refractivity contribution >= 4 is 28.8 Å². The van der Waals surface area contributed by atoms with Crippen molar-refractivity contribution in [3.05, 3.63) is 97.7 Å². The average molecular weight is 498 g/mol. The SMILES string of the molecule is CNCc1ccc(Cl)cc1-c1cnc([C@H](C)c2cc(=O)n(-c3ccccc3F)nc2C(N)=O)s1. The van der Waals surface area contributed by atoms with Gasteiger partial charge >= 0.3 is 0 Å². The molecule has 0 fully saturated rings. The van der Waals surface area contributed by atoms with Gasteiger partial charge in [0.1, 0.15) is 16.5 Å². The molecule has 1 atom stereocenters. The molecule has 0 aliphatic rings. The number of halogens is 2. The second-order valence-electron chi connectivity index (χ2n) is 7.63. The van der Waals surface area contributed by atoms with Crippen LogP contribution in [0.3, 0.4) is 0 Å². The topological polar surface area (TPSA) is 103 Å². The Bertz CT molecular complexity index is 1440. The number of primary amides is 1. The van der Waals surface area contributed by atoms with Gasteiger partial charge < -0.3 is 11.1 Å². The van der Waals surface area contributed by atoms with Crippen molar-refractivity contribution < 1.29 is 9.18 Å². The lowest BCUT2D eigenvalue weighted by Crippen LogP contribution is -2.29. The molecule has 7 nitrogen and oxygen atoms in total. The predicted molar refractivity (Wildman–Crippen MR) is 131 cm³/mol. The van der Waals surface area contributed by atoms with Gasteiger partial charge in [0, 0.05) is 35.3 Å². The Kier molecular flexibility index (Phi) is 6.87. The van der Waals surface area contributed by atoms with Crippen LogP contribution < -0.4 is 16.6 Å². The summed E-state index contributed by atoms with van der Waals surface area (Å²) >= 11 is 7.64. The summed E-state index contributed by atoms with van der Waals surface area (Å²) in [5.41, 5.74) is 7.14. The molecule has 1 amide bonds. The summed E-state index contributed by atoms with van der Waals surface area (Å²) in [5, 5.41) is 8.51. The molecule has 0 saturated heterocycles. The highest BCUT2D eigenvalue weighted by molar-refractivity contribution is 7.15. The summed E-state index contributed by atoms with van der Waals surface area (Å²) in [6, 6.07) is 12.6. The van der Waals surface area contributed by atoms with Crippen LogP contribution in [0.25, 0.3) is 16.1 Å². The maximum Gasteiger partial charge on any atom is 0.271 e. The number of benzene rings is 2. The number of aromatic nitrogens is 3. The molecule has 10 heteroatoms. The molecule has 0 bridgehead atoms. The van der Waals surface area contributed by atoms with Crippen LogP contribution in [0.4, 0.5) is 4.39 Å². The third-order valence-electron chi connectivity index (χ3n) is 5.34. The van der Waals surface area contributed by atoms with E-state index in [9.17, 15) is 14.0 Å². The number of amides is 1. The highest BCUT2D eigenvalue weighted by Gasteiger charge is 2.24. The van der Waals surface area contributed by atoms with Gasteiger partial charge in [0.2, 0.25) is 0 Å². The van der Waals surface area contributed by atoms with E-state index in [4.69, 9.17) is 17.3 Å². The maximum atomic E-state index is 14.3. The molecule has 3 N–H and O–H groups in total. The van der Waals surface area contributed by atoms with Gasteiger partial charge in [-0.05, 0) is 42.4 Å². The lowest BCUT2D eigenvalue weighted by molar-refractivity contribution is 0.0992. The highest BCUT2D eigenvalue weighted by atomic mass is 35.5. The number of nitrogens with one attached hydrogen (secondary N) is 1. The minimum Gasteiger partial charge on any atom is -0.364 e.